The zero-order valence-corrected chi connectivity index (χ0v) is 14.2. The second-order valence-corrected chi connectivity index (χ2v) is 8.69. The lowest BCUT2D eigenvalue weighted by Gasteiger charge is -2.43. The molecule has 0 aromatic heterocycles. The fourth-order valence-corrected chi connectivity index (χ4v) is 4.78. The van der Waals surface area contributed by atoms with Gasteiger partial charge in [-0.25, -0.2) is 0 Å². The van der Waals surface area contributed by atoms with E-state index in [4.69, 9.17) is 0 Å². The Morgan fingerprint density at radius 1 is 0.905 bits per heavy atom. The predicted octanol–water partition coefficient (Wildman–Crippen LogP) is 2.73. The second kappa shape index (κ2) is 6.17. The van der Waals surface area contributed by atoms with Crippen molar-refractivity contribution < 1.29 is 5.11 Å². The fraction of sp³-hybridized carbons (Fsp3) is 1.00. The lowest BCUT2D eigenvalue weighted by molar-refractivity contribution is -0.0106. The molecule has 4 atom stereocenters. The van der Waals surface area contributed by atoms with Crippen molar-refractivity contribution in [2.45, 2.75) is 77.5 Å². The summed E-state index contributed by atoms with van der Waals surface area (Å²) < 4.78 is 0. The molecule has 0 bridgehead atoms. The SMILES string of the molecule is CC(C)(C)C1CCC(O)C(N2CCC(N3CCCC3)C2)C1. The van der Waals surface area contributed by atoms with Gasteiger partial charge in [-0.05, 0) is 62.9 Å². The van der Waals surface area contributed by atoms with Crippen molar-refractivity contribution in [1.29, 1.82) is 0 Å². The van der Waals surface area contributed by atoms with Gasteiger partial charge in [0.25, 0.3) is 0 Å². The number of aliphatic hydroxyl groups excluding tert-OH is 1. The van der Waals surface area contributed by atoms with Crippen LogP contribution in [-0.2, 0) is 0 Å². The van der Waals surface area contributed by atoms with Crippen LogP contribution in [-0.4, -0.2) is 59.3 Å². The molecule has 0 amide bonds. The van der Waals surface area contributed by atoms with E-state index in [1.807, 2.05) is 0 Å². The van der Waals surface area contributed by atoms with E-state index in [9.17, 15) is 5.11 Å². The van der Waals surface area contributed by atoms with E-state index in [-0.39, 0.29) is 6.10 Å². The molecule has 2 aliphatic heterocycles. The Hall–Kier alpha value is -0.120. The van der Waals surface area contributed by atoms with Crippen LogP contribution in [0.15, 0.2) is 0 Å². The summed E-state index contributed by atoms with van der Waals surface area (Å²) in [6.07, 6.45) is 7.37. The van der Waals surface area contributed by atoms with Gasteiger partial charge in [0, 0.05) is 25.2 Å². The lowest BCUT2D eigenvalue weighted by Crippen LogP contribution is -2.49. The Labute approximate surface area is 130 Å². The molecular weight excluding hydrogens is 260 g/mol. The Morgan fingerprint density at radius 3 is 2.29 bits per heavy atom. The fourth-order valence-electron chi connectivity index (χ4n) is 4.78. The van der Waals surface area contributed by atoms with Crippen LogP contribution in [0, 0.1) is 11.3 Å². The van der Waals surface area contributed by atoms with E-state index in [0.29, 0.717) is 11.5 Å². The summed E-state index contributed by atoms with van der Waals surface area (Å²) >= 11 is 0. The van der Waals surface area contributed by atoms with Crippen molar-refractivity contribution >= 4 is 0 Å². The molecule has 2 saturated heterocycles. The standard InChI is InChI=1S/C18H34N2O/c1-18(2,3)14-6-7-17(21)16(12-14)20-11-8-15(13-20)19-9-4-5-10-19/h14-17,21H,4-13H2,1-3H3. The van der Waals surface area contributed by atoms with Gasteiger partial charge in [0.1, 0.15) is 0 Å². The van der Waals surface area contributed by atoms with E-state index >= 15 is 0 Å². The molecule has 3 rings (SSSR count). The zero-order chi connectivity index (χ0) is 15.0. The van der Waals surface area contributed by atoms with E-state index in [1.165, 1.54) is 58.3 Å². The molecule has 2 heterocycles. The van der Waals surface area contributed by atoms with Crippen LogP contribution in [0.4, 0.5) is 0 Å². The molecule has 1 saturated carbocycles. The van der Waals surface area contributed by atoms with Crippen LogP contribution in [0.25, 0.3) is 0 Å². The van der Waals surface area contributed by atoms with Crippen LogP contribution in [0.2, 0.25) is 0 Å². The van der Waals surface area contributed by atoms with Crippen molar-refractivity contribution in [3.05, 3.63) is 0 Å². The molecule has 21 heavy (non-hydrogen) atoms. The first kappa shape index (κ1) is 15.8. The average molecular weight is 294 g/mol. The zero-order valence-electron chi connectivity index (χ0n) is 14.2. The summed E-state index contributed by atoms with van der Waals surface area (Å²) in [5.74, 6) is 0.761. The van der Waals surface area contributed by atoms with Gasteiger partial charge in [-0.3, -0.25) is 9.80 Å². The van der Waals surface area contributed by atoms with Crippen molar-refractivity contribution in [1.82, 2.24) is 9.80 Å². The highest BCUT2D eigenvalue weighted by Gasteiger charge is 2.41. The van der Waals surface area contributed by atoms with E-state index < -0.39 is 0 Å². The Kier molecular flexibility index (Phi) is 4.63. The van der Waals surface area contributed by atoms with Crippen LogP contribution >= 0.6 is 0 Å². The topological polar surface area (TPSA) is 26.7 Å². The highest BCUT2D eigenvalue weighted by Crippen LogP contribution is 2.40. The van der Waals surface area contributed by atoms with Crippen LogP contribution < -0.4 is 0 Å². The monoisotopic (exact) mass is 294 g/mol. The van der Waals surface area contributed by atoms with Gasteiger partial charge in [-0.1, -0.05) is 20.8 Å². The highest BCUT2D eigenvalue weighted by atomic mass is 16.3. The number of rotatable bonds is 2. The maximum atomic E-state index is 10.5. The quantitative estimate of drug-likeness (QED) is 0.848. The van der Waals surface area contributed by atoms with E-state index in [2.05, 4.69) is 30.6 Å². The van der Waals surface area contributed by atoms with Crippen molar-refractivity contribution in [3.63, 3.8) is 0 Å². The van der Waals surface area contributed by atoms with Gasteiger partial charge in [0.2, 0.25) is 0 Å². The van der Waals surface area contributed by atoms with E-state index in [0.717, 1.165) is 18.4 Å². The second-order valence-electron chi connectivity index (χ2n) is 8.69. The molecule has 0 radical (unpaired) electrons. The Morgan fingerprint density at radius 2 is 1.62 bits per heavy atom. The van der Waals surface area contributed by atoms with Crippen LogP contribution in [0.5, 0.6) is 0 Å². The third kappa shape index (κ3) is 3.46. The number of likely N-dealkylation sites (tertiary alicyclic amines) is 2. The van der Waals surface area contributed by atoms with Crippen molar-refractivity contribution in [3.8, 4) is 0 Å². The molecule has 4 unspecified atom stereocenters. The van der Waals surface area contributed by atoms with Gasteiger partial charge >= 0.3 is 0 Å². The summed E-state index contributed by atoms with van der Waals surface area (Å²) in [6, 6.07) is 1.17. The van der Waals surface area contributed by atoms with Gasteiger partial charge in [0.15, 0.2) is 0 Å². The molecule has 1 aliphatic carbocycles. The highest BCUT2D eigenvalue weighted by molar-refractivity contribution is 4.95. The molecule has 3 fully saturated rings. The molecular formula is C18H34N2O. The van der Waals surface area contributed by atoms with Gasteiger partial charge in [-0.15, -0.1) is 0 Å². The van der Waals surface area contributed by atoms with Gasteiger partial charge in [-0.2, -0.15) is 0 Å². The minimum Gasteiger partial charge on any atom is -0.391 e. The minimum atomic E-state index is -0.0964. The number of nitrogens with zero attached hydrogens (tertiary/aromatic N) is 2. The Bertz CT molecular complexity index is 346. The summed E-state index contributed by atoms with van der Waals surface area (Å²) in [5, 5.41) is 10.5. The minimum absolute atomic E-state index is 0.0964. The Balaban J connectivity index is 1.60. The smallest absolute Gasteiger partial charge is 0.0695 e. The number of aliphatic hydroxyl groups is 1. The molecule has 3 nitrogen and oxygen atoms in total. The van der Waals surface area contributed by atoms with Crippen LogP contribution in [0.3, 0.4) is 0 Å². The lowest BCUT2D eigenvalue weighted by atomic mass is 9.70. The van der Waals surface area contributed by atoms with Gasteiger partial charge in [0.05, 0.1) is 6.10 Å². The number of hydrogen-bond acceptors (Lipinski definition) is 3. The first-order valence-electron chi connectivity index (χ1n) is 9.11. The third-order valence-corrected chi connectivity index (χ3v) is 6.33. The first-order valence-corrected chi connectivity index (χ1v) is 9.11. The van der Waals surface area contributed by atoms with Crippen molar-refractivity contribution in [2.24, 2.45) is 11.3 Å². The summed E-state index contributed by atoms with van der Waals surface area (Å²) in [7, 11) is 0. The largest absolute Gasteiger partial charge is 0.391 e. The third-order valence-electron chi connectivity index (χ3n) is 6.33. The molecule has 122 valence electrons. The molecule has 3 aliphatic rings. The first-order chi connectivity index (χ1) is 9.95. The maximum absolute atomic E-state index is 10.5. The summed E-state index contributed by atoms with van der Waals surface area (Å²) in [4.78, 5) is 5.31. The van der Waals surface area contributed by atoms with E-state index in [1.54, 1.807) is 0 Å². The van der Waals surface area contributed by atoms with Crippen molar-refractivity contribution in [2.75, 3.05) is 26.2 Å². The average Bonchev–Trinajstić information content (AvgIpc) is 3.09. The molecule has 0 aromatic carbocycles. The summed E-state index contributed by atoms with van der Waals surface area (Å²) in [5.41, 5.74) is 0.381. The molecule has 0 spiro atoms. The van der Waals surface area contributed by atoms with Crippen LogP contribution in [0.1, 0.15) is 59.3 Å². The molecule has 1 N–H and O–H groups in total. The molecule has 3 heteroatoms. The van der Waals surface area contributed by atoms with Gasteiger partial charge < -0.3 is 5.11 Å². The summed E-state index contributed by atoms with van der Waals surface area (Å²) in [6.45, 7) is 12.1. The predicted molar refractivity (Wildman–Crippen MR) is 87.4 cm³/mol. The normalized spacial score (nSPS) is 40.0. The molecule has 0 aromatic rings. The maximum Gasteiger partial charge on any atom is 0.0695 e. The number of hydrogen-bond donors (Lipinski definition) is 1.